The fraction of sp³-hybridized carbons (Fsp3) is 0.571. The Labute approximate surface area is 87.4 Å². The van der Waals surface area contributed by atoms with Gasteiger partial charge in [0.2, 0.25) is 0 Å². The third-order valence-electron chi connectivity index (χ3n) is 3.33. The Morgan fingerprint density at radius 1 is 1.21 bits per heavy atom. The highest BCUT2D eigenvalue weighted by molar-refractivity contribution is 5.21. The lowest BCUT2D eigenvalue weighted by Crippen LogP contribution is -2.10. The van der Waals surface area contributed by atoms with Crippen LogP contribution >= 0.6 is 0 Å². The monoisotopic (exact) mass is 188 g/mol. The van der Waals surface area contributed by atoms with E-state index in [0.29, 0.717) is 0 Å². The van der Waals surface area contributed by atoms with Gasteiger partial charge in [0.15, 0.2) is 0 Å². The summed E-state index contributed by atoms with van der Waals surface area (Å²) in [4.78, 5) is 0. The van der Waals surface area contributed by atoms with Crippen molar-refractivity contribution in [3.8, 4) is 0 Å². The van der Waals surface area contributed by atoms with Gasteiger partial charge in [-0.2, -0.15) is 0 Å². The van der Waals surface area contributed by atoms with Crippen molar-refractivity contribution in [1.29, 1.82) is 0 Å². The fourth-order valence-corrected chi connectivity index (χ4v) is 2.59. The second-order valence-electron chi connectivity index (χ2n) is 4.70. The van der Waals surface area contributed by atoms with Crippen LogP contribution in [0.2, 0.25) is 0 Å². The van der Waals surface area contributed by atoms with E-state index >= 15 is 0 Å². The molecule has 0 aromatic heterocycles. The Morgan fingerprint density at radius 3 is 2.86 bits per heavy atom. The van der Waals surface area contributed by atoms with Gasteiger partial charge in [0.1, 0.15) is 0 Å². The normalized spacial score (nSPS) is 31.6. The molecule has 0 heteroatoms. The summed E-state index contributed by atoms with van der Waals surface area (Å²) in [6.45, 7) is 2.21. The van der Waals surface area contributed by atoms with Crippen molar-refractivity contribution in [3.63, 3.8) is 0 Å². The molecule has 0 saturated heterocycles. The molecule has 0 aromatic rings. The molecule has 0 heterocycles. The first-order valence-corrected chi connectivity index (χ1v) is 5.84. The van der Waals surface area contributed by atoms with Gasteiger partial charge in [-0.05, 0) is 50.9 Å². The fourth-order valence-electron chi connectivity index (χ4n) is 2.59. The van der Waals surface area contributed by atoms with Gasteiger partial charge in [0.25, 0.3) is 0 Å². The molecule has 0 bridgehead atoms. The quantitative estimate of drug-likeness (QED) is 0.568. The van der Waals surface area contributed by atoms with Crippen LogP contribution in [0.4, 0.5) is 0 Å². The van der Waals surface area contributed by atoms with E-state index in [9.17, 15) is 0 Å². The molecule has 0 spiro atoms. The van der Waals surface area contributed by atoms with Crippen LogP contribution < -0.4 is 0 Å². The highest BCUT2D eigenvalue weighted by Gasteiger charge is 2.15. The van der Waals surface area contributed by atoms with Gasteiger partial charge in [-0.3, -0.25) is 0 Å². The van der Waals surface area contributed by atoms with Crippen molar-refractivity contribution in [2.24, 2.45) is 11.8 Å². The maximum absolute atomic E-state index is 2.46. The van der Waals surface area contributed by atoms with E-state index in [1.807, 2.05) is 0 Å². The second-order valence-corrected chi connectivity index (χ2v) is 4.70. The first-order chi connectivity index (χ1) is 6.84. The van der Waals surface area contributed by atoms with E-state index in [0.717, 1.165) is 11.8 Å². The van der Waals surface area contributed by atoms with Crippen LogP contribution in [0, 0.1) is 11.8 Å². The molecule has 14 heavy (non-hydrogen) atoms. The van der Waals surface area contributed by atoms with E-state index in [2.05, 4.69) is 37.3 Å². The van der Waals surface area contributed by atoms with Crippen LogP contribution in [0.3, 0.4) is 0 Å². The molecule has 0 saturated carbocycles. The molecule has 0 radical (unpaired) electrons. The lowest BCUT2D eigenvalue weighted by Gasteiger charge is -2.23. The number of hydrogen-bond donors (Lipinski definition) is 0. The van der Waals surface area contributed by atoms with E-state index < -0.39 is 0 Å². The topological polar surface area (TPSA) is 0 Å². The number of rotatable bonds is 2. The minimum Gasteiger partial charge on any atom is -0.0885 e. The molecule has 0 aromatic carbocycles. The Bertz CT molecular complexity index is 268. The summed E-state index contributed by atoms with van der Waals surface area (Å²) in [5.74, 6) is 1.76. The molecular weight excluding hydrogens is 168 g/mol. The molecular formula is C14H20. The van der Waals surface area contributed by atoms with Crippen LogP contribution in [0.15, 0.2) is 36.0 Å². The third-order valence-corrected chi connectivity index (χ3v) is 3.33. The molecule has 76 valence electrons. The first kappa shape index (κ1) is 9.76. The summed E-state index contributed by atoms with van der Waals surface area (Å²) in [7, 11) is 0. The molecule has 2 rings (SSSR count). The Hall–Kier alpha value is -0.780. The van der Waals surface area contributed by atoms with E-state index in [1.54, 1.807) is 0 Å². The molecule has 0 nitrogen and oxygen atoms in total. The Kier molecular flexibility index (Phi) is 3.23. The zero-order chi connectivity index (χ0) is 9.80. The smallest absolute Gasteiger partial charge is 0.0190 e. The lowest BCUT2D eigenvalue weighted by molar-refractivity contribution is 0.387. The average molecular weight is 188 g/mol. The van der Waals surface area contributed by atoms with Crippen molar-refractivity contribution < 1.29 is 0 Å². The molecule has 2 atom stereocenters. The summed E-state index contributed by atoms with van der Waals surface area (Å²) < 4.78 is 0. The van der Waals surface area contributed by atoms with Crippen molar-refractivity contribution in [1.82, 2.24) is 0 Å². The summed E-state index contributed by atoms with van der Waals surface area (Å²) in [6.07, 6.45) is 18.4. The van der Waals surface area contributed by atoms with Crippen LogP contribution in [-0.2, 0) is 0 Å². The summed E-state index contributed by atoms with van der Waals surface area (Å²) in [5.41, 5.74) is 1.45. The number of allylic oxidation sites excluding steroid dienone is 6. The van der Waals surface area contributed by atoms with Crippen molar-refractivity contribution in [3.05, 3.63) is 36.0 Å². The van der Waals surface area contributed by atoms with Gasteiger partial charge in [-0.25, -0.2) is 0 Å². The maximum atomic E-state index is 2.46. The summed E-state index contributed by atoms with van der Waals surface area (Å²) in [6, 6.07) is 0. The van der Waals surface area contributed by atoms with E-state index in [4.69, 9.17) is 0 Å². The first-order valence-electron chi connectivity index (χ1n) is 5.84. The lowest BCUT2D eigenvalue weighted by atomic mass is 9.82. The predicted molar refractivity (Wildman–Crippen MR) is 62.1 cm³/mol. The zero-order valence-corrected chi connectivity index (χ0v) is 9.08. The van der Waals surface area contributed by atoms with Crippen molar-refractivity contribution in [2.45, 2.75) is 39.0 Å². The van der Waals surface area contributed by atoms with E-state index in [1.165, 1.54) is 37.7 Å². The van der Waals surface area contributed by atoms with Crippen molar-refractivity contribution in [2.75, 3.05) is 0 Å². The van der Waals surface area contributed by atoms with Gasteiger partial charge >= 0.3 is 0 Å². The zero-order valence-electron chi connectivity index (χ0n) is 9.08. The average Bonchev–Trinajstić information content (AvgIpc) is 2.19. The summed E-state index contributed by atoms with van der Waals surface area (Å²) >= 11 is 0. The van der Waals surface area contributed by atoms with Gasteiger partial charge in [-0.15, -0.1) is 0 Å². The largest absolute Gasteiger partial charge is 0.0885 e. The Morgan fingerprint density at radius 2 is 2.14 bits per heavy atom. The van der Waals surface area contributed by atoms with Crippen LogP contribution in [0.1, 0.15) is 39.0 Å². The number of hydrogen-bond acceptors (Lipinski definition) is 0. The second kappa shape index (κ2) is 4.63. The highest BCUT2D eigenvalue weighted by Crippen LogP contribution is 2.29. The molecule has 1 unspecified atom stereocenters. The maximum Gasteiger partial charge on any atom is -0.0190 e. The van der Waals surface area contributed by atoms with Gasteiger partial charge in [0, 0.05) is 0 Å². The van der Waals surface area contributed by atoms with E-state index in [-0.39, 0.29) is 0 Å². The molecule has 2 aliphatic rings. The van der Waals surface area contributed by atoms with Crippen LogP contribution in [0.5, 0.6) is 0 Å². The van der Waals surface area contributed by atoms with Gasteiger partial charge in [-0.1, -0.05) is 36.0 Å². The molecule has 0 N–H and O–H groups in total. The molecule has 0 fully saturated rings. The van der Waals surface area contributed by atoms with Crippen LogP contribution in [-0.4, -0.2) is 0 Å². The summed E-state index contributed by atoms with van der Waals surface area (Å²) in [5, 5.41) is 0. The standard InChI is InChI=1S/C14H20/c1-12-6-5-9-14(10-12)11-13-7-3-2-4-8-13/h2-3,5-6,10,13-14H,4,7-9,11H2,1H3/t13?,14-/m0/s1. The highest BCUT2D eigenvalue weighted by atomic mass is 14.2. The van der Waals surface area contributed by atoms with Gasteiger partial charge in [0.05, 0.1) is 0 Å². The van der Waals surface area contributed by atoms with Crippen molar-refractivity contribution >= 4 is 0 Å². The SMILES string of the molecule is CC1=C[C@@H](CC2CC=CCC2)CC=C1. The predicted octanol–water partition coefficient (Wildman–Crippen LogP) is 4.26. The molecule has 0 aliphatic heterocycles. The molecule has 2 aliphatic carbocycles. The Balaban J connectivity index is 1.85. The minimum atomic E-state index is 0.816. The molecule has 0 amide bonds. The van der Waals surface area contributed by atoms with Crippen LogP contribution in [0.25, 0.3) is 0 Å². The van der Waals surface area contributed by atoms with Gasteiger partial charge < -0.3 is 0 Å². The third kappa shape index (κ3) is 2.60. The minimum absolute atomic E-state index is 0.816.